The molecule has 4 saturated carbocycles. The third-order valence-electron chi connectivity index (χ3n) is 6.95. The summed E-state index contributed by atoms with van der Waals surface area (Å²) < 4.78 is 1.52. The van der Waals surface area contributed by atoms with E-state index < -0.39 is 5.60 Å². The lowest BCUT2D eigenvalue weighted by Gasteiger charge is -2.60. The Hall–Kier alpha value is -2.26. The Morgan fingerprint density at radius 2 is 1.94 bits per heavy atom. The number of pyridine rings is 1. The van der Waals surface area contributed by atoms with Gasteiger partial charge in [0.2, 0.25) is 5.91 Å². The van der Waals surface area contributed by atoms with Crippen molar-refractivity contribution in [1.82, 2.24) is 20.1 Å². The average Bonchev–Trinajstić information content (AvgIpc) is 2.71. The largest absolute Gasteiger partial charge is 0.390 e. The van der Waals surface area contributed by atoms with E-state index in [9.17, 15) is 14.7 Å². The van der Waals surface area contributed by atoms with Gasteiger partial charge in [0.1, 0.15) is 11.0 Å². The fourth-order valence-electron chi connectivity index (χ4n) is 6.20. The van der Waals surface area contributed by atoms with Crippen molar-refractivity contribution in [3.8, 4) is 0 Å². The van der Waals surface area contributed by atoms with Gasteiger partial charge in [-0.2, -0.15) is 5.10 Å². The van der Waals surface area contributed by atoms with Crippen molar-refractivity contribution >= 4 is 27.5 Å². The highest BCUT2D eigenvalue weighted by molar-refractivity contribution is 9.10. The molecule has 2 heterocycles. The lowest BCUT2D eigenvalue weighted by atomic mass is 9.51. The number of rotatable bonds is 6. The van der Waals surface area contributed by atoms with Gasteiger partial charge in [-0.15, -0.1) is 0 Å². The average molecular weight is 488 g/mol. The molecule has 4 aliphatic rings. The number of halogens is 1. The number of aliphatic hydroxyl groups is 1. The molecule has 4 aliphatic carbocycles. The van der Waals surface area contributed by atoms with Crippen LogP contribution in [-0.4, -0.2) is 36.9 Å². The Balaban J connectivity index is 1.28. The van der Waals surface area contributed by atoms with Crippen LogP contribution in [0.25, 0.3) is 0 Å². The van der Waals surface area contributed by atoms with Gasteiger partial charge in [0.05, 0.1) is 17.5 Å². The SMILES string of the molecule is O=C(Cn1ncc(NC23CC4CC(CC(O)(C4)C2)C3)c(Br)c1=O)NCc1ccncc1. The second-order valence-corrected chi connectivity index (χ2v) is 10.4. The minimum atomic E-state index is -0.584. The molecule has 2 atom stereocenters. The summed E-state index contributed by atoms with van der Waals surface area (Å²) in [7, 11) is 0. The Morgan fingerprint density at radius 3 is 2.61 bits per heavy atom. The molecule has 2 unspecified atom stereocenters. The monoisotopic (exact) mass is 487 g/mol. The fraction of sp³-hybridized carbons (Fsp3) is 0.545. The van der Waals surface area contributed by atoms with E-state index in [-0.39, 0.29) is 23.6 Å². The van der Waals surface area contributed by atoms with Crippen LogP contribution in [0.15, 0.2) is 40.0 Å². The van der Waals surface area contributed by atoms with Gasteiger partial charge >= 0.3 is 0 Å². The number of carbonyl (C=O) groups excluding carboxylic acids is 1. The highest BCUT2D eigenvalue weighted by Crippen LogP contribution is 2.58. The molecule has 0 saturated heterocycles. The Bertz CT molecular complexity index is 1040. The second-order valence-electron chi connectivity index (χ2n) is 9.56. The number of nitrogens with one attached hydrogen (secondary N) is 2. The summed E-state index contributed by atoms with van der Waals surface area (Å²) in [5.74, 6) is 0.784. The maximum Gasteiger partial charge on any atom is 0.283 e. The first-order valence-corrected chi connectivity index (χ1v) is 11.5. The molecule has 0 spiro atoms. The Morgan fingerprint density at radius 1 is 1.23 bits per heavy atom. The van der Waals surface area contributed by atoms with Crippen LogP contribution >= 0.6 is 15.9 Å². The van der Waals surface area contributed by atoms with Crippen LogP contribution in [0.3, 0.4) is 0 Å². The van der Waals surface area contributed by atoms with Gasteiger partial charge in [-0.1, -0.05) is 0 Å². The maximum atomic E-state index is 12.8. The highest BCUT2D eigenvalue weighted by Gasteiger charge is 2.57. The van der Waals surface area contributed by atoms with Gasteiger partial charge in [-0.3, -0.25) is 14.6 Å². The molecule has 8 nitrogen and oxygen atoms in total. The Kier molecular flexibility index (Phi) is 5.13. The molecule has 2 aromatic heterocycles. The van der Waals surface area contributed by atoms with Crippen molar-refractivity contribution < 1.29 is 9.90 Å². The third kappa shape index (κ3) is 4.13. The molecule has 0 aliphatic heterocycles. The smallest absolute Gasteiger partial charge is 0.283 e. The molecule has 3 N–H and O–H groups in total. The molecule has 0 aromatic carbocycles. The van der Waals surface area contributed by atoms with E-state index in [2.05, 4.69) is 36.6 Å². The number of hydrogen-bond acceptors (Lipinski definition) is 6. The summed E-state index contributed by atoms with van der Waals surface area (Å²) in [6, 6.07) is 3.64. The number of hydrogen-bond donors (Lipinski definition) is 3. The first kappa shape index (κ1) is 20.6. The molecule has 164 valence electrons. The number of carbonyl (C=O) groups is 1. The first-order chi connectivity index (χ1) is 14.8. The maximum absolute atomic E-state index is 12.8. The predicted molar refractivity (Wildman–Crippen MR) is 118 cm³/mol. The Labute approximate surface area is 188 Å². The van der Waals surface area contributed by atoms with E-state index in [1.165, 1.54) is 6.42 Å². The van der Waals surface area contributed by atoms with Crippen molar-refractivity contribution in [2.24, 2.45) is 11.8 Å². The predicted octanol–water partition coefficient (Wildman–Crippen LogP) is 2.21. The topological polar surface area (TPSA) is 109 Å². The second kappa shape index (κ2) is 7.70. The molecular weight excluding hydrogens is 462 g/mol. The molecule has 2 aromatic rings. The zero-order chi connectivity index (χ0) is 21.6. The fourth-order valence-corrected chi connectivity index (χ4v) is 6.61. The first-order valence-electron chi connectivity index (χ1n) is 10.7. The van der Waals surface area contributed by atoms with E-state index in [1.54, 1.807) is 18.6 Å². The number of anilines is 1. The van der Waals surface area contributed by atoms with Crippen LogP contribution in [0.4, 0.5) is 5.69 Å². The van der Waals surface area contributed by atoms with E-state index in [0.717, 1.165) is 35.9 Å². The molecule has 9 heteroatoms. The molecule has 6 rings (SSSR count). The van der Waals surface area contributed by atoms with Crippen molar-refractivity contribution in [2.45, 2.75) is 62.8 Å². The van der Waals surface area contributed by atoms with Crippen molar-refractivity contribution in [2.75, 3.05) is 5.32 Å². The lowest BCUT2D eigenvalue weighted by molar-refractivity contribution is -0.127. The van der Waals surface area contributed by atoms with Crippen LogP contribution in [0.5, 0.6) is 0 Å². The van der Waals surface area contributed by atoms with Gasteiger partial charge in [-0.05, 0) is 84.0 Å². The number of nitrogens with zero attached hydrogens (tertiary/aromatic N) is 3. The van der Waals surface area contributed by atoms with Gasteiger partial charge in [0, 0.05) is 24.5 Å². The van der Waals surface area contributed by atoms with E-state index in [0.29, 0.717) is 35.0 Å². The zero-order valence-corrected chi connectivity index (χ0v) is 18.8. The summed E-state index contributed by atoms with van der Waals surface area (Å²) >= 11 is 3.41. The van der Waals surface area contributed by atoms with Gasteiger partial charge < -0.3 is 15.7 Å². The quantitative estimate of drug-likeness (QED) is 0.576. The molecule has 4 bridgehead atoms. The zero-order valence-electron chi connectivity index (χ0n) is 17.2. The summed E-state index contributed by atoms with van der Waals surface area (Å²) in [6.07, 6.45) is 10.6. The van der Waals surface area contributed by atoms with Crippen molar-refractivity contribution in [3.63, 3.8) is 0 Å². The van der Waals surface area contributed by atoms with E-state index in [1.807, 2.05) is 12.1 Å². The number of amides is 1. The number of aromatic nitrogens is 3. The van der Waals surface area contributed by atoms with E-state index in [4.69, 9.17) is 0 Å². The van der Waals surface area contributed by atoms with Crippen molar-refractivity contribution in [1.29, 1.82) is 0 Å². The van der Waals surface area contributed by atoms with Crippen LogP contribution in [0.2, 0.25) is 0 Å². The minimum Gasteiger partial charge on any atom is -0.390 e. The molecular formula is C22H26BrN5O3. The van der Waals surface area contributed by atoms with E-state index >= 15 is 0 Å². The van der Waals surface area contributed by atoms with Crippen molar-refractivity contribution in [3.05, 3.63) is 51.1 Å². The molecule has 1 amide bonds. The minimum absolute atomic E-state index is 0.155. The summed E-state index contributed by atoms with van der Waals surface area (Å²) in [4.78, 5) is 29.1. The standard InChI is InChI=1S/C22H26BrN5O3/c23-19-17(27-21-6-15-5-16(7-21)9-22(31,8-15)13-21)11-26-28(20(19)30)12-18(29)25-10-14-1-3-24-4-2-14/h1-4,11,15-16,27,31H,5-10,12-13H2,(H,25,29). The van der Waals surface area contributed by atoms with Crippen LogP contribution in [0, 0.1) is 11.8 Å². The summed E-state index contributed by atoms with van der Waals surface area (Å²) in [5.41, 5.74) is 0.431. The normalized spacial score (nSPS) is 30.9. The van der Waals surface area contributed by atoms with Gasteiger partial charge in [-0.25, -0.2) is 4.68 Å². The van der Waals surface area contributed by atoms with Crippen LogP contribution < -0.4 is 16.2 Å². The summed E-state index contributed by atoms with van der Waals surface area (Å²) in [5, 5.41) is 21.5. The van der Waals surface area contributed by atoms with Crippen LogP contribution in [0.1, 0.15) is 44.1 Å². The molecule has 0 radical (unpaired) electrons. The lowest BCUT2D eigenvalue weighted by Crippen LogP contribution is -2.62. The van der Waals surface area contributed by atoms with Crippen LogP contribution in [-0.2, 0) is 17.9 Å². The highest BCUT2D eigenvalue weighted by atomic mass is 79.9. The van der Waals surface area contributed by atoms with Gasteiger partial charge in [0.15, 0.2) is 0 Å². The third-order valence-corrected chi connectivity index (χ3v) is 7.71. The molecule has 4 fully saturated rings. The summed E-state index contributed by atoms with van der Waals surface area (Å²) in [6.45, 7) is 0.211. The molecule has 31 heavy (non-hydrogen) atoms. The van der Waals surface area contributed by atoms with Gasteiger partial charge in [0.25, 0.3) is 5.56 Å².